The van der Waals surface area contributed by atoms with Crippen molar-refractivity contribution >= 4 is 27.4 Å². The van der Waals surface area contributed by atoms with Gasteiger partial charge in [0.05, 0.1) is 4.88 Å². The van der Waals surface area contributed by atoms with Gasteiger partial charge in [0.1, 0.15) is 0 Å². The van der Waals surface area contributed by atoms with Crippen LogP contribution >= 0.6 is 11.3 Å². The van der Waals surface area contributed by atoms with Crippen LogP contribution in [0.15, 0.2) is 34.7 Å². The molecule has 0 aliphatic rings. The molecule has 0 amide bonds. The van der Waals surface area contributed by atoms with Crippen molar-refractivity contribution < 1.29 is 4.42 Å². The van der Waals surface area contributed by atoms with Gasteiger partial charge in [-0.3, -0.25) is 0 Å². The lowest BCUT2D eigenvalue weighted by molar-refractivity contribution is 0.592. The Bertz CT molecular complexity index is 581. The van der Waals surface area contributed by atoms with Gasteiger partial charge in [-0.1, -0.05) is 23.3 Å². The highest BCUT2D eigenvalue weighted by molar-refractivity contribution is 7.22. The van der Waals surface area contributed by atoms with E-state index < -0.39 is 0 Å². The molecule has 5 heteroatoms. The predicted octanol–water partition coefficient (Wildman–Crippen LogP) is 2.53. The van der Waals surface area contributed by atoms with Gasteiger partial charge >= 0.3 is 6.01 Å². The van der Waals surface area contributed by atoms with Crippen LogP contribution in [-0.4, -0.2) is 10.2 Å². The number of aromatic nitrogens is 2. The maximum Gasteiger partial charge on any atom is 0.313 e. The number of nitrogens with two attached hydrogens (primary N) is 1. The van der Waals surface area contributed by atoms with Crippen molar-refractivity contribution in [1.29, 1.82) is 0 Å². The number of thiophene rings is 1. The van der Waals surface area contributed by atoms with E-state index in [2.05, 4.69) is 22.3 Å². The highest BCUT2D eigenvalue weighted by Crippen LogP contribution is 2.32. The molecule has 0 spiro atoms. The first-order valence-electron chi connectivity index (χ1n) is 4.41. The first-order chi connectivity index (χ1) is 7.33. The topological polar surface area (TPSA) is 64.9 Å². The Morgan fingerprint density at radius 1 is 1.20 bits per heavy atom. The third-order valence-corrected chi connectivity index (χ3v) is 3.18. The van der Waals surface area contributed by atoms with E-state index in [4.69, 9.17) is 10.2 Å². The fourth-order valence-corrected chi connectivity index (χ4v) is 2.41. The second-order valence-electron chi connectivity index (χ2n) is 3.09. The van der Waals surface area contributed by atoms with Crippen LogP contribution in [0.5, 0.6) is 0 Å². The molecule has 0 saturated carbocycles. The van der Waals surface area contributed by atoms with Crippen LogP contribution in [0.1, 0.15) is 0 Å². The molecule has 1 aromatic carbocycles. The van der Waals surface area contributed by atoms with Gasteiger partial charge in [0.15, 0.2) is 0 Å². The van der Waals surface area contributed by atoms with Crippen molar-refractivity contribution in [3.05, 3.63) is 30.3 Å². The van der Waals surface area contributed by atoms with Gasteiger partial charge in [-0.25, -0.2) is 0 Å². The second kappa shape index (κ2) is 3.06. The van der Waals surface area contributed by atoms with Crippen LogP contribution in [0.2, 0.25) is 0 Å². The van der Waals surface area contributed by atoms with Crippen LogP contribution in [0, 0.1) is 0 Å². The average Bonchev–Trinajstić information content (AvgIpc) is 2.82. The fraction of sp³-hybridized carbons (Fsp3) is 0. The van der Waals surface area contributed by atoms with Crippen LogP contribution in [0.4, 0.5) is 6.01 Å². The fourth-order valence-electron chi connectivity index (χ4n) is 1.42. The highest BCUT2D eigenvalue weighted by Gasteiger charge is 2.09. The third kappa shape index (κ3) is 1.37. The van der Waals surface area contributed by atoms with Crippen molar-refractivity contribution in [3.8, 4) is 10.8 Å². The number of anilines is 1. The smallest absolute Gasteiger partial charge is 0.313 e. The van der Waals surface area contributed by atoms with Gasteiger partial charge in [-0.05, 0) is 17.5 Å². The van der Waals surface area contributed by atoms with E-state index in [1.54, 1.807) is 11.3 Å². The molecular formula is C10H7N3OS. The van der Waals surface area contributed by atoms with Gasteiger partial charge in [-0.15, -0.1) is 16.4 Å². The normalized spacial score (nSPS) is 10.9. The lowest BCUT2D eigenvalue weighted by Gasteiger charge is -1.83. The first-order valence-corrected chi connectivity index (χ1v) is 5.22. The molecular weight excluding hydrogens is 210 g/mol. The minimum absolute atomic E-state index is 0.0995. The molecule has 2 heterocycles. The molecule has 0 atom stereocenters. The van der Waals surface area contributed by atoms with Gasteiger partial charge in [0.2, 0.25) is 0 Å². The van der Waals surface area contributed by atoms with E-state index in [0.717, 1.165) is 4.88 Å². The van der Waals surface area contributed by atoms with Crippen molar-refractivity contribution in [1.82, 2.24) is 10.2 Å². The molecule has 3 aromatic rings. The highest BCUT2D eigenvalue weighted by atomic mass is 32.1. The summed E-state index contributed by atoms with van der Waals surface area (Å²) in [6.07, 6.45) is 0. The quantitative estimate of drug-likeness (QED) is 0.680. The standard InChI is InChI=1S/C10H7N3OS/c11-10-13-12-9(14-10)8-5-6-3-1-2-4-7(6)15-8/h1-5H,(H2,11,13). The van der Waals surface area contributed by atoms with Gasteiger partial charge in [-0.2, -0.15) is 0 Å². The van der Waals surface area contributed by atoms with Crippen LogP contribution in [0.3, 0.4) is 0 Å². The zero-order valence-corrected chi connectivity index (χ0v) is 8.49. The molecule has 3 rings (SSSR count). The minimum atomic E-state index is 0.0995. The number of nitrogen functional groups attached to an aromatic ring is 1. The van der Waals surface area contributed by atoms with Crippen LogP contribution in [-0.2, 0) is 0 Å². The summed E-state index contributed by atoms with van der Waals surface area (Å²) in [5.41, 5.74) is 5.37. The molecule has 4 nitrogen and oxygen atoms in total. The van der Waals surface area contributed by atoms with E-state index in [9.17, 15) is 0 Å². The Balaban J connectivity index is 2.19. The summed E-state index contributed by atoms with van der Waals surface area (Å²) >= 11 is 1.61. The van der Waals surface area contributed by atoms with Crippen molar-refractivity contribution in [3.63, 3.8) is 0 Å². The molecule has 15 heavy (non-hydrogen) atoms. The molecule has 2 N–H and O–H groups in total. The maximum absolute atomic E-state index is 5.37. The summed E-state index contributed by atoms with van der Waals surface area (Å²) in [4.78, 5) is 0.945. The van der Waals surface area contributed by atoms with E-state index in [-0.39, 0.29) is 6.01 Å². The summed E-state index contributed by atoms with van der Waals surface area (Å²) in [5.74, 6) is 0.480. The number of nitrogens with zero attached hydrogens (tertiary/aromatic N) is 2. The Hall–Kier alpha value is -1.88. The number of hydrogen-bond acceptors (Lipinski definition) is 5. The largest absolute Gasteiger partial charge is 0.403 e. The zero-order valence-electron chi connectivity index (χ0n) is 7.68. The molecule has 74 valence electrons. The Labute approximate surface area is 89.4 Å². The van der Waals surface area contributed by atoms with Crippen molar-refractivity contribution in [2.75, 3.05) is 5.73 Å². The molecule has 0 aliphatic heterocycles. The molecule has 0 bridgehead atoms. The molecule has 0 saturated heterocycles. The summed E-state index contributed by atoms with van der Waals surface area (Å²) < 4.78 is 6.36. The summed E-state index contributed by atoms with van der Waals surface area (Å²) in [6, 6.07) is 10.2. The van der Waals surface area contributed by atoms with E-state index in [0.29, 0.717) is 5.89 Å². The van der Waals surface area contributed by atoms with Crippen LogP contribution in [0.25, 0.3) is 20.9 Å². The van der Waals surface area contributed by atoms with Crippen molar-refractivity contribution in [2.24, 2.45) is 0 Å². The first kappa shape index (κ1) is 8.43. The van der Waals surface area contributed by atoms with E-state index in [1.807, 2.05) is 18.2 Å². The molecule has 0 aliphatic carbocycles. The summed E-state index contributed by atoms with van der Waals surface area (Å²) in [5, 5.41) is 8.66. The lowest BCUT2D eigenvalue weighted by atomic mass is 10.2. The van der Waals surface area contributed by atoms with Gasteiger partial charge in [0, 0.05) is 4.70 Å². The van der Waals surface area contributed by atoms with E-state index in [1.165, 1.54) is 10.1 Å². The molecule has 0 fully saturated rings. The summed E-state index contributed by atoms with van der Waals surface area (Å²) in [6.45, 7) is 0. The van der Waals surface area contributed by atoms with E-state index >= 15 is 0 Å². The SMILES string of the molecule is Nc1nnc(-c2cc3ccccc3s2)o1. The number of fused-ring (bicyclic) bond motifs is 1. The number of hydrogen-bond donors (Lipinski definition) is 1. The molecule has 2 aromatic heterocycles. The number of benzene rings is 1. The maximum atomic E-state index is 5.37. The molecule has 0 radical (unpaired) electrons. The minimum Gasteiger partial charge on any atom is -0.403 e. The average molecular weight is 217 g/mol. The second-order valence-corrected chi connectivity index (χ2v) is 4.18. The monoisotopic (exact) mass is 217 g/mol. The zero-order chi connectivity index (χ0) is 10.3. The number of rotatable bonds is 1. The predicted molar refractivity (Wildman–Crippen MR) is 59.5 cm³/mol. The Kier molecular flexibility index (Phi) is 1.72. The Morgan fingerprint density at radius 2 is 2.07 bits per heavy atom. The Morgan fingerprint density at radius 3 is 2.80 bits per heavy atom. The lowest BCUT2D eigenvalue weighted by Crippen LogP contribution is -1.81. The van der Waals surface area contributed by atoms with Gasteiger partial charge in [0.25, 0.3) is 5.89 Å². The van der Waals surface area contributed by atoms with Crippen LogP contribution < -0.4 is 5.73 Å². The van der Waals surface area contributed by atoms with Crippen molar-refractivity contribution in [2.45, 2.75) is 0 Å². The molecule has 0 unspecified atom stereocenters. The van der Waals surface area contributed by atoms with Gasteiger partial charge < -0.3 is 10.2 Å². The third-order valence-electron chi connectivity index (χ3n) is 2.08. The summed E-state index contributed by atoms with van der Waals surface area (Å²) in [7, 11) is 0.